The van der Waals surface area contributed by atoms with Crippen molar-refractivity contribution in [1.82, 2.24) is 0 Å². The predicted octanol–water partition coefficient (Wildman–Crippen LogP) is 2.10. The van der Waals surface area contributed by atoms with E-state index in [1.165, 1.54) is 0 Å². The van der Waals surface area contributed by atoms with Crippen molar-refractivity contribution in [1.29, 1.82) is 0 Å². The highest BCUT2D eigenvalue weighted by Gasteiger charge is 2.35. The van der Waals surface area contributed by atoms with Crippen LogP contribution >= 0.6 is 11.6 Å². The second kappa shape index (κ2) is 4.07. The van der Waals surface area contributed by atoms with E-state index in [1.54, 1.807) is 4.90 Å². The molecule has 0 saturated carbocycles. The number of nitrogens with zero attached hydrogens (tertiary/aromatic N) is 1. The molecular weight excluding hydrogens is 224 g/mol. The van der Waals surface area contributed by atoms with Gasteiger partial charge in [0.05, 0.1) is 0 Å². The largest absolute Gasteiger partial charge is 0.325 e. The molecule has 1 fully saturated rings. The molecular formula is C12H15ClN2O. The van der Waals surface area contributed by atoms with Gasteiger partial charge in [-0.3, -0.25) is 4.79 Å². The molecule has 2 unspecified atom stereocenters. The molecule has 1 aromatic carbocycles. The third-order valence-electron chi connectivity index (χ3n) is 3.14. The lowest BCUT2D eigenvalue weighted by atomic mass is 10.1. The average molecular weight is 239 g/mol. The topological polar surface area (TPSA) is 46.3 Å². The smallest absolute Gasteiger partial charge is 0.228 e. The summed E-state index contributed by atoms with van der Waals surface area (Å²) in [6.07, 6.45) is 0.410. The summed E-state index contributed by atoms with van der Waals surface area (Å²) in [5.41, 5.74) is 7.80. The van der Waals surface area contributed by atoms with E-state index in [0.29, 0.717) is 11.4 Å². The average Bonchev–Trinajstić information content (AvgIpc) is 2.46. The highest BCUT2D eigenvalue weighted by Crippen LogP contribution is 2.30. The molecule has 0 bridgehead atoms. The first kappa shape index (κ1) is 11.4. The van der Waals surface area contributed by atoms with Gasteiger partial charge in [0.25, 0.3) is 0 Å². The van der Waals surface area contributed by atoms with Gasteiger partial charge in [-0.25, -0.2) is 0 Å². The summed E-state index contributed by atoms with van der Waals surface area (Å²) in [5, 5.41) is 0.640. The molecule has 1 amide bonds. The lowest BCUT2D eigenvalue weighted by molar-refractivity contribution is -0.117. The summed E-state index contributed by atoms with van der Waals surface area (Å²) >= 11 is 5.96. The Morgan fingerprint density at radius 2 is 2.19 bits per heavy atom. The van der Waals surface area contributed by atoms with Crippen LogP contribution in [0.15, 0.2) is 18.2 Å². The Labute approximate surface area is 100 Å². The maximum Gasteiger partial charge on any atom is 0.228 e. The maximum atomic E-state index is 11.9. The van der Waals surface area contributed by atoms with Crippen molar-refractivity contribution in [3.8, 4) is 0 Å². The number of halogens is 1. The highest BCUT2D eigenvalue weighted by atomic mass is 35.5. The van der Waals surface area contributed by atoms with E-state index in [0.717, 1.165) is 11.3 Å². The van der Waals surface area contributed by atoms with Gasteiger partial charge < -0.3 is 10.6 Å². The fourth-order valence-electron chi connectivity index (χ4n) is 2.08. The first-order valence-corrected chi connectivity index (χ1v) is 5.72. The van der Waals surface area contributed by atoms with Crippen LogP contribution in [0, 0.1) is 6.92 Å². The van der Waals surface area contributed by atoms with Crippen LogP contribution < -0.4 is 10.6 Å². The SMILES string of the molecule is Cc1ccc(Cl)cc1N1C(=O)CC(N)C1C. The zero-order chi connectivity index (χ0) is 11.9. The van der Waals surface area contributed by atoms with E-state index in [1.807, 2.05) is 32.0 Å². The minimum absolute atomic E-state index is 0.0321. The number of anilines is 1. The van der Waals surface area contributed by atoms with E-state index >= 15 is 0 Å². The number of nitrogens with two attached hydrogens (primary N) is 1. The molecule has 0 spiro atoms. The second-order valence-corrected chi connectivity index (χ2v) is 4.74. The highest BCUT2D eigenvalue weighted by molar-refractivity contribution is 6.31. The summed E-state index contributed by atoms with van der Waals surface area (Å²) in [7, 11) is 0. The zero-order valence-electron chi connectivity index (χ0n) is 9.40. The molecule has 2 atom stereocenters. The van der Waals surface area contributed by atoms with Gasteiger partial charge in [-0.05, 0) is 31.5 Å². The Morgan fingerprint density at radius 1 is 1.50 bits per heavy atom. The van der Waals surface area contributed by atoms with E-state index in [9.17, 15) is 4.79 Å². The zero-order valence-corrected chi connectivity index (χ0v) is 10.2. The summed E-state index contributed by atoms with van der Waals surface area (Å²) in [5.74, 6) is 0.0744. The molecule has 1 aliphatic heterocycles. The molecule has 4 heteroatoms. The quantitative estimate of drug-likeness (QED) is 0.815. The van der Waals surface area contributed by atoms with Crippen molar-refractivity contribution in [2.75, 3.05) is 4.90 Å². The molecule has 1 aliphatic rings. The van der Waals surface area contributed by atoms with Gasteiger partial charge in [0, 0.05) is 29.2 Å². The van der Waals surface area contributed by atoms with Crippen LogP contribution in [-0.4, -0.2) is 18.0 Å². The number of rotatable bonds is 1. The van der Waals surface area contributed by atoms with E-state index < -0.39 is 0 Å². The Hall–Kier alpha value is -1.06. The van der Waals surface area contributed by atoms with Crippen LogP contribution in [0.25, 0.3) is 0 Å². The molecule has 1 heterocycles. The van der Waals surface area contributed by atoms with Crippen molar-refractivity contribution in [2.24, 2.45) is 5.73 Å². The van der Waals surface area contributed by atoms with Gasteiger partial charge in [-0.1, -0.05) is 17.7 Å². The van der Waals surface area contributed by atoms with Gasteiger partial charge in [0.2, 0.25) is 5.91 Å². The van der Waals surface area contributed by atoms with Crippen molar-refractivity contribution >= 4 is 23.2 Å². The molecule has 2 N–H and O–H groups in total. The van der Waals surface area contributed by atoms with Crippen molar-refractivity contribution in [2.45, 2.75) is 32.4 Å². The Morgan fingerprint density at radius 3 is 2.75 bits per heavy atom. The first-order chi connectivity index (χ1) is 7.50. The van der Waals surface area contributed by atoms with Gasteiger partial charge in [-0.2, -0.15) is 0 Å². The minimum Gasteiger partial charge on any atom is -0.325 e. The minimum atomic E-state index is -0.0918. The summed E-state index contributed by atoms with van der Waals surface area (Å²) < 4.78 is 0. The fraction of sp³-hybridized carbons (Fsp3) is 0.417. The molecule has 0 aromatic heterocycles. The fourth-order valence-corrected chi connectivity index (χ4v) is 2.25. The third kappa shape index (κ3) is 1.81. The van der Waals surface area contributed by atoms with Crippen LogP contribution in [0.3, 0.4) is 0 Å². The van der Waals surface area contributed by atoms with Crippen molar-refractivity contribution < 1.29 is 4.79 Å². The van der Waals surface area contributed by atoms with E-state index in [2.05, 4.69) is 0 Å². The molecule has 86 valence electrons. The molecule has 0 radical (unpaired) electrons. The number of hydrogen-bond donors (Lipinski definition) is 1. The number of hydrogen-bond acceptors (Lipinski definition) is 2. The van der Waals surface area contributed by atoms with Gasteiger partial charge in [-0.15, -0.1) is 0 Å². The molecule has 1 aromatic rings. The van der Waals surface area contributed by atoms with Crippen molar-refractivity contribution in [3.63, 3.8) is 0 Å². The summed E-state index contributed by atoms with van der Waals surface area (Å²) in [4.78, 5) is 13.6. The molecule has 16 heavy (non-hydrogen) atoms. The predicted molar refractivity (Wildman–Crippen MR) is 65.7 cm³/mol. The number of benzene rings is 1. The Balaban J connectivity index is 2.44. The lowest BCUT2D eigenvalue weighted by Crippen LogP contribution is -2.38. The van der Waals surface area contributed by atoms with Crippen LogP contribution in [0.1, 0.15) is 18.9 Å². The van der Waals surface area contributed by atoms with E-state index in [4.69, 9.17) is 17.3 Å². The number of carbonyl (C=O) groups is 1. The van der Waals surface area contributed by atoms with Gasteiger partial charge in [0.1, 0.15) is 0 Å². The number of aryl methyl sites for hydroxylation is 1. The second-order valence-electron chi connectivity index (χ2n) is 4.30. The molecule has 2 rings (SSSR count). The van der Waals surface area contributed by atoms with Gasteiger partial charge >= 0.3 is 0 Å². The summed E-state index contributed by atoms with van der Waals surface area (Å²) in [6.45, 7) is 3.94. The third-order valence-corrected chi connectivity index (χ3v) is 3.37. The number of amides is 1. The summed E-state index contributed by atoms with van der Waals surface area (Å²) in [6, 6.07) is 5.51. The van der Waals surface area contributed by atoms with Crippen LogP contribution in [0.5, 0.6) is 0 Å². The molecule has 0 aliphatic carbocycles. The van der Waals surface area contributed by atoms with Gasteiger partial charge in [0.15, 0.2) is 0 Å². The van der Waals surface area contributed by atoms with E-state index in [-0.39, 0.29) is 18.0 Å². The maximum absolute atomic E-state index is 11.9. The normalized spacial score (nSPS) is 25.2. The van der Waals surface area contributed by atoms with Crippen LogP contribution in [-0.2, 0) is 4.79 Å². The monoisotopic (exact) mass is 238 g/mol. The molecule has 1 saturated heterocycles. The lowest BCUT2D eigenvalue weighted by Gasteiger charge is -2.25. The number of carbonyl (C=O) groups excluding carboxylic acids is 1. The molecule has 3 nitrogen and oxygen atoms in total. The standard InChI is InChI=1S/C12H15ClN2O/c1-7-3-4-9(13)5-11(7)15-8(2)10(14)6-12(15)16/h3-5,8,10H,6,14H2,1-2H3. The van der Waals surface area contributed by atoms with Crippen LogP contribution in [0.4, 0.5) is 5.69 Å². The van der Waals surface area contributed by atoms with Crippen LogP contribution in [0.2, 0.25) is 5.02 Å². The Bertz CT molecular complexity index is 433. The Kier molecular flexibility index (Phi) is 2.91. The van der Waals surface area contributed by atoms with Crippen molar-refractivity contribution in [3.05, 3.63) is 28.8 Å². The first-order valence-electron chi connectivity index (χ1n) is 5.34.